The molecule has 0 amide bonds. The molecule has 0 saturated heterocycles. The summed E-state index contributed by atoms with van der Waals surface area (Å²) >= 11 is 0. The van der Waals surface area contributed by atoms with Crippen LogP contribution < -0.4 is 0 Å². The Bertz CT molecular complexity index is 97.2. The van der Waals surface area contributed by atoms with Crippen LogP contribution in [0.5, 0.6) is 0 Å². The van der Waals surface area contributed by atoms with Gasteiger partial charge >= 0.3 is 0 Å². The molecule has 12 heavy (non-hydrogen) atoms. The number of unbranched alkanes of at least 4 members (excludes halogenated alkanes) is 4. The second-order valence-electron chi connectivity index (χ2n) is 2.95. The molecule has 0 aromatic heterocycles. The van der Waals surface area contributed by atoms with Crippen LogP contribution in [0.4, 0.5) is 0 Å². The van der Waals surface area contributed by atoms with Crippen LogP contribution in [0.3, 0.4) is 0 Å². The molecule has 71 valence electrons. The number of hydrogen-bond donors (Lipinski definition) is 0. The molecule has 0 rings (SSSR count). The lowest BCUT2D eigenvalue weighted by molar-refractivity contribution is 0.254. The van der Waals surface area contributed by atoms with Gasteiger partial charge in [0.25, 0.3) is 0 Å². The fourth-order valence-corrected chi connectivity index (χ4v) is 0.976. The van der Waals surface area contributed by atoms with Gasteiger partial charge in [0.05, 0.1) is 12.9 Å². The van der Waals surface area contributed by atoms with E-state index in [4.69, 9.17) is 4.74 Å². The van der Waals surface area contributed by atoms with Crippen LogP contribution in [0.1, 0.15) is 45.4 Å². The molecule has 0 aliphatic carbocycles. The van der Waals surface area contributed by atoms with Gasteiger partial charge in [-0.15, -0.1) is 0 Å². The van der Waals surface area contributed by atoms with Crippen molar-refractivity contribution in [1.29, 1.82) is 0 Å². The quantitative estimate of drug-likeness (QED) is 0.397. The van der Waals surface area contributed by atoms with Crippen molar-refractivity contribution in [1.82, 2.24) is 0 Å². The van der Waals surface area contributed by atoms with Crippen LogP contribution in [-0.4, -0.2) is 6.61 Å². The maximum absolute atomic E-state index is 5.15. The topological polar surface area (TPSA) is 9.23 Å². The maximum Gasteiger partial charge on any atom is 0.0873 e. The number of hydrogen-bond acceptors (Lipinski definition) is 1. The minimum Gasteiger partial charge on any atom is -0.502 e. The lowest BCUT2D eigenvalue weighted by Crippen LogP contribution is -1.82. The van der Waals surface area contributed by atoms with Crippen molar-refractivity contribution in [2.24, 2.45) is 0 Å². The van der Waals surface area contributed by atoms with Crippen molar-refractivity contribution in [3.05, 3.63) is 19.3 Å². The molecular formula is C11H21O. The van der Waals surface area contributed by atoms with E-state index in [1.807, 2.05) is 0 Å². The van der Waals surface area contributed by atoms with Crippen LogP contribution in [0.15, 0.2) is 12.3 Å². The molecule has 0 aromatic rings. The van der Waals surface area contributed by atoms with Crippen molar-refractivity contribution < 1.29 is 4.74 Å². The zero-order valence-corrected chi connectivity index (χ0v) is 8.22. The molecule has 0 atom stereocenters. The van der Waals surface area contributed by atoms with Gasteiger partial charge in [0, 0.05) is 0 Å². The Morgan fingerprint density at radius 1 is 1.25 bits per heavy atom. The van der Waals surface area contributed by atoms with Gasteiger partial charge in [-0.05, 0) is 32.3 Å². The van der Waals surface area contributed by atoms with E-state index in [1.165, 1.54) is 25.7 Å². The minimum absolute atomic E-state index is 0.742. The SMILES string of the molecule is [CH2]CCOC=CCCCCCC. The molecule has 0 N–H and O–H groups in total. The molecule has 1 heteroatoms. The molecular weight excluding hydrogens is 148 g/mol. The molecule has 0 aliphatic rings. The standard InChI is InChI=1S/C11H21O/c1-3-5-6-7-8-9-11-12-10-4-2/h9,11H,2-8,10H2,1H3. The second kappa shape index (κ2) is 10.5. The summed E-state index contributed by atoms with van der Waals surface area (Å²) in [6, 6.07) is 0. The third-order valence-electron chi connectivity index (χ3n) is 1.68. The van der Waals surface area contributed by atoms with Gasteiger partial charge in [0.2, 0.25) is 0 Å². The van der Waals surface area contributed by atoms with Gasteiger partial charge in [0.15, 0.2) is 0 Å². The smallest absolute Gasteiger partial charge is 0.0873 e. The Labute approximate surface area is 76.8 Å². The zero-order valence-electron chi connectivity index (χ0n) is 8.22. The number of allylic oxidation sites excluding steroid dienone is 1. The van der Waals surface area contributed by atoms with Crippen molar-refractivity contribution in [3.8, 4) is 0 Å². The fraction of sp³-hybridized carbons (Fsp3) is 0.727. The Balaban J connectivity index is 2.92. The van der Waals surface area contributed by atoms with Crippen molar-refractivity contribution in [2.75, 3.05) is 6.61 Å². The number of ether oxygens (including phenoxy) is 1. The van der Waals surface area contributed by atoms with Gasteiger partial charge in [-0.2, -0.15) is 0 Å². The summed E-state index contributed by atoms with van der Waals surface area (Å²) in [5, 5.41) is 0. The second-order valence-corrected chi connectivity index (χ2v) is 2.95. The normalized spacial score (nSPS) is 10.8. The van der Waals surface area contributed by atoms with Gasteiger partial charge in [-0.3, -0.25) is 0 Å². The summed E-state index contributed by atoms with van der Waals surface area (Å²) in [6.45, 7) is 6.66. The monoisotopic (exact) mass is 169 g/mol. The first-order chi connectivity index (χ1) is 5.91. The van der Waals surface area contributed by atoms with Gasteiger partial charge < -0.3 is 4.74 Å². The summed E-state index contributed by atoms with van der Waals surface area (Å²) in [5.41, 5.74) is 0. The maximum atomic E-state index is 5.15. The molecule has 0 aromatic carbocycles. The van der Waals surface area contributed by atoms with Gasteiger partial charge in [0.1, 0.15) is 0 Å². The molecule has 0 spiro atoms. The molecule has 0 bridgehead atoms. The first kappa shape index (κ1) is 11.5. The Hall–Kier alpha value is -0.460. The predicted octanol–water partition coefficient (Wildman–Crippen LogP) is 3.71. The van der Waals surface area contributed by atoms with E-state index in [2.05, 4.69) is 19.9 Å². The highest BCUT2D eigenvalue weighted by Gasteiger charge is 1.83. The van der Waals surface area contributed by atoms with E-state index < -0.39 is 0 Å². The molecule has 0 fully saturated rings. The van der Waals surface area contributed by atoms with Gasteiger partial charge in [-0.25, -0.2) is 0 Å². The molecule has 0 heterocycles. The predicted molar refractivity (Wildman–Crippen MR) is 53.8 cm³/mol. The molecule has 1 radical (unpaired) electrons. The van der Waals surface area contributed by atoms with Crippen molar-refractivity contribution in [2.45, 2.75) is 45.4 Å². The summed E-state index contributed by atoms with van der Waals surface area (Å²) in [5.74, 6) is 0. The van der Waals surface area contributed by atoms with Crippen LogP contribution in [0.25, 0.3) is 0 Å². The largest absolute Gasteiger partial charge is 0.502 e. The summed E-state index contributed by atoms with van der Waals surface area (Å²) in [7, 11) is 0. The summed E-state index contributed by atoms with van der Waals surface area (Å²) in [6.07, 6.45) is 11.2. The van der Waals surface area contributed by atoms with E-state index in [0.29, 0.717) is 0 Å². The van der Waals surface area contributed by atoms with E-state index >= 15 is 0 Å². The molecule has 0 unspecified atom stereocenters. The first-order valence-corrected chi connectivity index (χ1v) is 4.97. The first-order valence-electron chi connectivity index (χ1n) is 4.97. The lowest BCUT2D eigenvalue weighted by Gasteiger charge is -1.96. The van der Waals surface area contributed by atoms with E-state index in [1.54, 1.807) is 6.26 Å². The third-order valence-corrected chi connectivity index (χ3v) is 1.68. The number of rotatable bonds is 8. The Morgan fingerprint density at radius 3 is 2.75 bits per heavy atom. The lowest BCUT2D eigenvalue weighted by atomic mass is 10.1. The minimum atomic E-state index is 0.742. The molecule has 1 nitrogen and oxygen atoms in total. The Kier molecular flexibility index (Phi) is 10.1. The van der Waals surface area contributed by atoms with Crippen LogP contribution >= 0.6 is 0 Å². The third kappa shape index (κ3) is 9.54. The van der Waals surface area contributed by atoms with E-state index in [0.717, 1.165) is 19.4 Å². The van der Waals surface area contributed by atoms with Crippen LogP contribution in [0, 0.1) is 6.92 Å². The molecule has 0 saturated carbocycles. The fourth-order valence-electron chi connectivity index (χ4n) is 0.976. The van der Waals surface area contributed by atoms with Crippen molar-refractivity contribution in [3.63, 3.8) is 0 Å². The highest BCUT2D eigenvalue weighted by atomic mass is 16.5. The van der Waals surface area contributed by atoms with Gasteiger partial charge in [-0.1, -0.05) is 26.2 Å². The highest BCUT2D eigenvalue weighted by Crippen LogP contribution is 2.02. The van der Waals surface area contributed by atoms with Crippen molar-refractivity contribution >= 4 is 0 Å². The summed E-state index contributed by atoms with van der Waals surface area (Å²) < 4.78 is 5.15. The summed E-state index contributed by atoms with van der Waals surface area (Å²) in [4.78, 5) is 0. The Morgan fingerprint density at radius 2 is 2.08 bits per heavy atom. The zero-order chi connectivity index (χ0) is 9.07. The van der Waals surface area contributed by atoms with Crippen LogP contribution in [-0.2, 0) is 4.74 Å². The van der Waals surface area contributed by atoms with Crippen LogP contribution in [0.2, 0.25) is 0 Å². The van der Waals surface area contributed by atoms with E-state index in [-0.39, 0.29) is 0 Å². The highest BCUT2D eigenvalue weighted by molar-refractivity contribution is 4.73. The average molecular weight is 169 g/mol. The molecule has 0 aliphatic heterocycles. The average Bonchev–Trinajstić information content (AvgIpc) is 2.10. The van der Waals surface area contributed by atoms with E-state index in [9.17, 15) is 0 Å².